The maximum Gasteiger partial charge on any atom is 0.141 e. The number of anilines is 1. The number of ether oxygens (including phenoxy) is 1. The molecular weight excluding hydrogens is 271 g/mol. The quantitative estimate of drug-likeness (QED) is 0.920. The first kappa shape index (κ1) is 14.0. The van der Waals surface area contributed by atoms with E-state index in [1.165, 1.54) is 12.3 Å². The van der Waals surface area contributed by atoms with Gasteiger partial charge in [0.15, 0.2) is 0 Å². The first-order valence-electron chi connectivity index (χ1n) is 7.22. The van der Waals surface area contributed by atoms with Crippen molar-refractivity contribution in [2.24, 2.45) is 0 Å². The van der Waals surface area contributed by atoms with Crippen molar-refractivity contribution in [1.29, 1.82) is 0 Å². The van der Waals surface area contributed by atoms with Gasteiger partial charge in [0.25, 0.3) is 0 Å². The van der Waals surface area contributed by atoms with Crippen LogP contribution in [0.3, 0.4) is 0 Å². The van der Waals surface area contributed by atoms with E-state index < -0.39 is 0 Å². The van der Waals surface area contributed by atoms with E-state index in [1.807, 2.05) is 17.8 Å². The number of hydrogen-bond acceptors (Lipinski definition) is 4. The molecule has 112 valence electrons. The summed E-state index contributed by atoms with van der Waals surface area (Å²) in [7, 11) is 0. The highest BCUT2D eigenvalue weighted by molar-refractivity contribution is 5.41. The third-order valence-electron chi connectivity index (χ3n) is 3.66. The van der Waals surface area contributed by atoms with Gasteiger partial charge in [0.2, 0.25) is 0 Å². The predicted octanol–water partition coefficient (Wildman–Crippen LogP) is 2.77. The van der Waals surface area contributed by atoms with Crippen LogP contribution in [0.4, 0.5) is 10.1 Å². The molecule has 0 saturated carbocycles. The summed E-state index contributed by atoms with van der Waals surface area (Å²) in [4.78, 5) is 3.87. The van der Waals surface area contributed by atoms with Gasteiger partial charge >= 0.3 is 0 Å². The van der Waals surface area contributed by atoms with E-state index >= 15 is 0 Å². The number of pyridine rings is 1. The maximum atomic E-state index is 13.2. The van der Waals surface area contributed by atoms with E-state index in [1.54, 1.807) is 12.4 Å². The molecule has 0 aromatic carbocycles. The molecule has 0 aliphatic carbocycles. The SMILES string of the molecule is CC(Nc1cnn(CC2CCCO2)c1)c1cncc(F)c1. The first-order valence-corrected chi connectivity index (χ1v) is 7.22. The van der Waals surface area contributed by atoms with Crippen LogP contribution >= 0.6 is 0 Å². The van der Waals surface area contributed by atoms with Gasteiger partial charge in [0.05, 0.1) is 36.8 Å². The van der Waals surface area contributed by atoms with Crippen LogP contribution in [-0.2, 0) is 11.3 Å². The molecule has 0 radical (unpaired) electrons. The molecule has 2 aromatic rings. The Morgan fingerprint density at radius 3 is 3.14 bits per heavy atom. The normalized spacial score (nSPS) is 19.6. The molecule has 1 N–H and O–H groups in total. The van der Waals surface area contributed by atoms with E-state index in [9.17, 15) is 4.39 Å². The average molecular weight is 290 g/mol. The van der Waals surface area contributed by atoms with Gasteiger partial charge in [-0.1, -0.05) is 0 Å². The highest BCUT2D eigenvalue weighted by atomic mass is 19.1. The lowest BCUT2D eigenvalue weighted by Gasteiger charge is -2.13. The third-order valence-corrected chi connectivity index (χ3v) is 3.66. The summed E-state index contributed by atoms with van der Waals surface area (Å²) in [6.45, 7) is 3.59. The van der Waals surface area contributed by atoms with Crippen molar-refractivity contribution in [3.05, 3.63) is 42.2 Å². The minimum Gasteiger partial charge on any atom is -0.376 e. The fraction of sp³-hybridized carbons (Fsp3) is 0.467. The summed E-state index contributed by atoms with van der Waals surface area (Å²) in [5.74, 6) is -0.324. The molecule has 5 nitrogen and oxygen atoms in total. The van der Waals surface area contributed by atoms with Gasteiger partial charge in [-0.15, -0.1) is 0 Å². The van der Waals surface area contributed by atoms with Crippen molar-refractivity contribution >= 4 is 5.69 Å². The first-order chi connectivity index (χ1) is 10.2. The monoisotopic (exact) mass is 290 g/mol. The molecule has 0 bridgehead atoms. The lowest BCUT2D eigenvalue weighted by atomic mass is 10.1. The molecule has 1 aliphatic rings. The topological polar surface area (TPSA) is 52.0 Å². The summed E-state index contributed by atoms with van der Waals surface area (Å²) in [5.41, 5.74) is 1.71. The second kappa shape index (κ2) is 6.22. The summed E-state index contributed by atoms with van der Waals surface area (Å²) >= 11 is 0. The zero-order chi connectivity index (χ0) is 14.7. The van der Waals surface area contributed by atoms with Gasteiger partial charge in [-0.3, -0.25) is 9.67 Å². The lowest BCUT2D eigenvalue weighted by molar-refractivity contribution is 0.0940. The van der Waals surface area contributed by atoms with Crippen molar-refractivity contribution in [2.75, 3.05) is 11.9 Å². The number of halogens is 1. The minimum absolute atomic E-state index is 0.0337. The molecule has 3 heterocycles. The largest absolute Gasteiger partial charge is 0.376 e. The van der Waals surface area contributed by atoms with Crippen molar-refractivity contribution in [3.63, 3.8) is 0 Å². The number of nitrogens with zero attached hydrogens (tertiary/aromatic N) is 3. The van der Waals surface area contributed by atoms with Crippen LogP contribution in [0.25, 0.3) is 0 Å². The van der Waals surface area contributed by atoms with Crippen LogP contribution in [0.15, 0.2) is 30.9 Å². The molecule has 1 fully saturated rings. The van der Waals surface area contributed by atoms with Crippen molar-refractivity contribution < 1.29 is 9.13 Å². The van der Waals surface area contributed by atoms with E-state index in [4.69, 9.17) is 4.74 Å². The Bertz CT molecular complexity index is 595. The molecule has 1 saturated heterocycles. The Morgan fingerprint density at radius 1 is 1.48 bits per heavy atom. The number of rotatable bonds is 5. The summed E-state index contributed by atoms with van der Waals surface area (Å²) in [6, 6.07) is 1.45. The second-order valence-corrected chi connectivity index (χ2v) is 5.39. The molecule has 6 heteroatoms. The Hall–Kier alpha value is -1.95. The molecule has 0 spiro atoms. The van der Waals surface area contributed by atoms with Gasteiger partial charge < -0.3 is 10.1 Å². The average Bonchev–Trinajstić information content (AvgIpc) is 3.11. The Labute approximate surface area is 123 Å². The van der Waals surface area contributed by atoms with E-state index in [-0.39, 0.29) is 18.0 Å². The zero-order valence-corrected chi connectivity index (χ0v) is 12.0. The van der Waals surface area contributed by atoms with Gasteiger partial charge in [-0.2, -0.15) is 5.10 Å². The Morgan fingerprint density at radius 2 is 2.38 bits per heavy atom. The van der Waals surface area contributed by atoms with Gasteiger partial charge in [0, 0.05) is 19.0 Å². The van der Waals surface area contributed by atoms with E-state index in [0.717, 1.165) is 37.2 Å². The predicted molar refractivity (Wildman–Crippen MR) is 77.4 cm³/mol. The minimum atomic E-state index is -0.324. The van der Waals surface area contributed by atoms with Crippen molar-refractivity contribution in [3.8, 4) is 0 Å². The second-order valence-electron chi connectivity index (χ2n) is 5.39. The van der Waals surface area contributed by atoms with Crippen LogP contribution in [0, 0.1) is 5.82 Å². The maximum absolute atomic E-state index is 13.2. The molecular formula is C15H19FN4O. The Balaban J connectivity index is 1.61. The number of aromatic nitrogens is 3. The van der Waals surface area contributed by atoms with Crippen molar-refractivity contribution in [2.45, 2.75) is 38.5 Å². The molecule has 2 aromatic heterocycles. The highest BCUT2D eigenvalue weighted by Crippen LogP contribution is 2.19. The Kier molecular flexibility index (Phi) is 4.15. The van der Waals surface area contributed by atoms with Gasteiger partial charge in [-0.05, 0) is 31.4 Å². The standard InChI is InChI=1S/C15H19FN4O/c1-11(12-5-13(16)7-17-6-12)19-14-8-18-20(9-14)10-15-3-2-4-21-15/h5-9,11,15,19H,2-4,10H2,1H3. The van der Waals surface area contributed by atoms with Gasteiger partial charge in [0.1, 0.15) is 5.82 Å². The zero-order valence-electron chi connectivity index (χ0n) is 12.0. The van der Waals surface area contributed by atoms with Crippen LogP contribution in [-0.4, -0.2) is 27.5 Å². The van der Waals surface area contributed by atoms with E-state index in [0.29, 0.717) is 0 Å². The van der Waals surface area contributed by atoms with Gasteiger partial charge in [-0.25, -0.2) is 4.39 Å². The number of nitrogens with one attached hydrogen (secondary N) is 1. The van der Waals surface area contributed by atoms with Crippen LogP contribution < -0.4 is 5.32 Å². The fourth-order valence-corrected chi connectivity index (χ4v) is 2.53. The van der Waals surface area contributed by atoms with E-state index in [2.05, 4.69) is 15.4 Å². The van der Waals surface area contributed by atoms with Crippen LogP contribution in [0.2, 0.25) is 0 Å². The highest BCUT2D eigenvalue weighted by Gasteiger charge is 2.16. The third kappa shape index (κ3) is 3.58. The lowest BCUT2D eigenvalue weighted by Crippen LogP contribution is -2.15. The molecule has 21 heavy (non-hydrogen) atoms. The fourth-order valence-electron chi connectivity index (χ4n) is 2.53. The van der Waals surface area contributed by atoms with Crippen molar-refractivity contribution in [1.82, 2.24) is 14.8 Å². The molecule has 1 aliphatic heterocycles. The van der Waals surface area contributed by atoms with Crippen LogP contribution in [0.5, 0.6) is 0 Å². The van der Waals surface area contributed by atoms with Crippen LogP contribution in [0.1, 0.15) is 31.4 Å². The summed E-state index contributed by atoms with van der Waals surface area (Å²) in [6.07, 6.45) is 9.08. The molecule has 3 rings (SSSR count). The summed E-state index contributed by atoms with van der Waals surface area (Å²) < 4.78 is 20.7. The smallest absolute Gasteiger partial charge is 0.141 e. The summed E-state index contributed by atoms with van der Waals surface area (Å²) in [5, 5.41) is 7.63. The number of hydrogen-bond donors (Lipinski definition) is 1. The molecule has 2 atom stereocenters. The molecule has 0 amide bonds. The molecule has 2 unspecified atom stereocenters.